The van der Waals surface area contributed by atoms with Gasteiger partial charge in [-0.25, -0.2) is 0 Å². The van der Waals surface area contributed by atoms with Crippen molar-refractivity contribution in [2.24, 2.45) is 5.92 Å². The molecule has 0 aliphatic heterocycles. The van der Waals surface area contributed by atoms with Crippen LogP contribution in [-0.4, -0.2) is 37.6 Å². The summed E-state index contributed by atoms with van der Waals surface area (Å²) in [6, 6.07) is 0. The van der Waals surface area contributed by atoms with E-state index in [0.29, 0.717) is 0 Å². The minimum Gasteiger partial charge on any atom is -0.396 e. The van der Waals surface area contributed by atoms with Gasteiger partial charge < -0.3 is 14.9 Å². The van der Waals surface area contributed by atoms with E-state index in [1.54, 1.807) is 21.1 Å². The molecule has 0 fully saturated rings. The number of hydrogen-bond donors (Lipinski definition) is 2. The molecular weight excluding hydrogens is 120 g/mol. The highest BCUT2D eigenvalue weighted by molar-refractivity contribution is 4.41. The third kappa shape index (κ3) is 18.1. The standard InChI is InChI=1S/C4H10O2.C2H6O/c1-4(2-5)3-6;1-3-2/h4-6H,2-3H2,1H3;1-2H3. The smallest absolute Gasteiger partial charge is 0.0478 e. The molecule has 0 aromatic carbocycles. The maximum Gasteiger partial charge on any atom is 0.0478 e. The first-order chi connectivity index (χ1) is 4.22. The quantitative estimate of drug-likeness (QED) is 0.556. The lowest BCUT2D eigenvalue weighted by Gasteiger charge is -1.97. The Bertz CT molecular complexity index is 35.3. The van der Waals surface area contributed by atoms with E-state index in [1.807, 2.05) is 0 Å². The molecule has 0 rings (SSSR count). The van der Waals surface area contributed by atoms with Crippen molar-refractivity contribution in [1.82, 2.24) is 0 Å². The Kier molecular flexibility index (Phi) is 14.0. The highest BCUT2D eigenvalue weighted by Crippen LogP contribution is 1.85. The number of rotatable bonds is 2. The van der Waals surface area contributed by atoms with Crippen molar-refractivity contribution >= 4 is 0 Å². The monoisotopic (exact) mass is 136 g/mol. The second-order valence-electron chi connectivity index (χ2n) is 1.88. The molecule has 0 atom stereocenters. The van der Waals surface area contributed by atoms with Crippen LogP contribution in [0, 0.1) is 5.92 Å². The van der Waals surface area contributed by atoms with Crippen LogP contribution in [0.1, 0.15) is 6.92 Å². The van der Waals surface area contributed by atoms with E-state index in [1.165, 1.54) is 0 Å². The molecule has 0 amide bonds. The fourth-order valence-corrected chi connectivity index (χ4v) is 0.0577. The van der Waals surface area contributed by atoms with Gasteiger partial charge in [0.2, 0.25) is 0 Å². The Hall–Kier alpha value is -0.120. The number of ether oxygens (including phenoxy) is 1. The van der Waals surface area contributed by atoms with Crippen molar-refractivity contribution in [1.29, 1.82) is 0 Å². The normalized spacial score (nSPS) is 8.67. The average Bonchev–Trinajstić information content (AvgIpc) is 1.88. The first-order valence-corrected chi connectivity index (χ1v) is 2.84. The zero-order valence-electron chi connectivity index (χ0n) is 6.29. The molecule has 0 heterocycles. The summed E-state index contributed by atoms with van der Waals surface area (Å²) < 4.78 is 4.25. The van der Waals surface area contributed by atoms with Crippen LogP contribution in [0.25, 0.3) is 0 Å². The van der Waals surface area contributed by atoms with Gasteiger partial charge in [-0.1, -0.05) is 6.92 Å². The Morgan fingerprint density at radius 2 is 1.44 bits per heavy atom. The molecule has 0 aliphatic rings. The summed E-state index contributed by atoms with van der Waals surface area (Å²) >= 11 is 0. The Morgan fingerprint density at radius 1 is 1.22 bits per heavy atom. The first-order valence-electron chi connectivity index (χ1n) is 2.84. The predicted octanol–water partition coefficient (Wildman–Crippen LogP) is -0.130. The molecular formula is C6H16O3. The van der Waals surface area contributed by atoms with E-state index in [4.69, 9.17) is 10.2 Å². The van der Waals surface area contributed by atoms with Gasteiger partial charge in [-0.2, -0.15) is 0 Å². The van der Waals surface area contributed by atoms with Crippen molar-refractivity contribution in [2.75, 3.05) is 27.4 Å². The molecule has 0 unspecified atom stereocenters. The van der Waals surface area contributed by atoms with Gasteiger partial charge in [-0.05, 0) is 0 Å². The van der Waals surface area contributed by atoms with Gasteiger partial charge in [0, 0.05) is 33.4 Å². The third-order valence-corrected chi connectivity index (χ3v) is 0.623. The summed E-state index contributed by atoms with van der Waals surface area (Å²) in [5.41, 5.74) is 0. The van der Waals surface area contributed by atoms with E-state index < -0.39 is 0 Å². The van der Waals surface area contributed by atoms with Gasteiger partial charge in [-0.3, -0.25) is 0 Å². The van der Waals surface area contributed by atoms with Crippen LogP contribution < -0.4 is 0 Å². The van der Waals surface area contributed by atoms with Gasteiger partial charge in [0.25, 0.3) is 0 Å². The Morgan fingerprint density at radius 3 is 1.44 bits per heavy atom. The number of aliphatic hydroxyl groups is 2. The molecule has 3 nitrogen and oxygen atoms in total. The average molecular weight is 136 g/mol. The van der Waals surface area contributed by atoms with E-state index in [-0.39, 0.29) is 19.1 Å². The van der Waals surface area contributed by atoms with Gasteiger partial charge in [0.1, 0.15) is 0 Å². The summed E-state index contributed by atoms with van der Waals surface area (Å²) in [5, 5.41) is 16.3. The van der Waals surface area contributed by atoms with Crippen molar-refractivity contribution < 1.29 is 14.9 Å². The second-order valence-corrected chi connectivity index (χ2v) is 1.88. The van der Waals surface area contributed by atoms with Gasteiger partial charge in [0.05, 0.1) is 0 Å². The van der Waals surface area contributed by atoms with Gasteiger partial charge in [-0.15, -0.1) is 0 Å². The third-order valence-electron chi connectivity index (χ3n) is 0.623. The molecule has 58 valence electrons. The first kappa shape index (κ1) is 11.6. The largest absolute Gasteiger partial charge is 0.396 e. The van der Waals surface area contributed by atoms with Crippen LogP contribution in [0.15, 0.2) is 0 Å². The Labute approximate surface area is 56.3 Å². The van der Waals surface area contributed by atoms with Crippen LogP contribution in [0.2, 0.25) is 0 Å². The van der Waals surface area contributed by atoms with E-state index >= 15 is 0 Å². The van der Waals surface area contributed by atoms with E-state index in [9.17, 15) is 0 Å². The predicted molar refractivity (Wildman–Crippen MR) is 36.3 cm³/mol. The molecule has 0 spiro atoms. The fourth-order valence-electron chi connectivity index (χ4n) is 0.0577. The summed E-state index contributed by atoms with van der Waals surface area (Å²) in [5.74, 6) is 0.0463. The molecule has 0 aromatic rings. The molecule has 0 aromatic heterocycles. The van der Waals surface area contributed by atoms with Crippen molar-refractivity contribution in [2.45, 2.75) is 6.92 Å². The van der Waals surface area contributed by atoms with Crippen LogP contribution in [0.4, 0.5) is 0 Å². The number of methoxy groups -OCH3 is 1. The maximum atomic E-state index is 8.17. The molecule has 3 heteroatoms. The molecule has 9 heavy (non-hydrogen) atoms. The summed E-state index contributed by atoms with van der Waals surface area (Å²) in [4.78, 5) is 0. The molecule has 0 aliphatic carbocycles. The van der Waals surface area contributed by atoms with E-state index in [0.717, 1.165) is 0 Å². The zero-order chi connectivity index (χ0) is 7.70. The lowest BCUT2D eigenvalue weighted by atomic mass is 10.2. The topological polar surface area (TPSA) is 49.7 Å². The zero-order valence-corrected chi connectivity index (χ0v) is 6.29. The van der Waals surface area contributed by atoms with Crippen LogP contribution >= 0.6 is 0 Å². The minimum atomic E-state index is 0.0463. The van der Waals surface area contributed by atoms with Crippen molar-refractivity contribution in [3.05, 3.63) is 0 Å². The van der Waals surface area contributed by atoms with Gasteiger partial charge >= 0.3 is 0 Å². The summed E-state index contributed by atoms with van der Waals surface area (Å²) in [7, 11) is 3.25. The SMILES string of the molecule is CC(CO)CO.COC. The summed E-state index contributed by atoms with van der Waals surface area (Å²) in [6.45, 7) is 1.94. The highest BCUT2D eigenvalue weighted by Gasteiger charge is 1.91. The fraction of sp³-hybridized carbons (Fsp3) is 1.00. The molecule has 0 radical (unpaired) electrons. The lowest BCUT2D eigenvalue weighted by molar-refractivity contribution is 0.162. The van der Waals surface area contributed by atoms with E-state index in [2.05, 4.69) is 4.74 Å². The minimum absolute atomic E-state index is 0.0463. The number of hydrogen-bond acceptors (Lipinski definition) is 3. The highest BCUT2D eigenvalue weighted by atomic mass is 16.4. The maximum absolute atomic E-state index is 8.17. The van der Waals surface area contributed by atoms with Crippen LogP contribution in [0.5, 0.6) is 0 Å². The Balaban J connectivity index is 0. The molecule has 2 N–H and O–H groups in total. The van der Waals surface area contributed by atoms with Gasteiger partial charge in [0.15, 0.2) is 0 Å². The van der Waals surface area contributed by atoms with Crippen molar-refractivity contribution in [3.63, 3.8) is 0 Å². The van der Waals surface area contributed by atoms with Crippen molar-refractivity contribution in [3.8, 4) is 0 Å². The number of aliphatic hydroxyl groups excluding tert-OH is 2. The molecule has 0 saturated carbocycles. The van der Waals surface area contributed by atoms with Crippen LogP contribution in [0.3, 0.4) is 0 Å². The van der Waals surface area contributed by atoms with Crippen LogP contribution in [-0.2, 0) is 4.74 Å². The molecule has 0 saturated heterocycles. The summed E-state index contributed by atoms with van der Waals surface area (Å²) in [6.07, 6.45) is 0. The molecule has 0 bridgehead atoms. The second kappa shape index (κ2) is 10.8. The lowest BCUT2D eigenvalue weighted by Crippen LogP contribution is -2.04.